The third-order valence-corrected chi connectivity index (χ3v) is 3.88. The first-order valence-electron chi connectivity index (χ1n) is 7.69. The van der Waals surface area contributed by atoms with Crippen LogP contribution in [0.15, 0.2) is 18.2 Å². The molecule has 20 heavy (non-hydrogen) atoms. The number of hydrogen-bond donors (Lipinski definition) is 1. The maximum absolute atomic E-state index is 8.76. The van der Waals surface area contributed by atoms with Gasteiger partial charge < -0.3 is 9.84 Å². The number of ether oxygens (including phenoxy) is 1. The Hall–Kier alpha value is -0.900. The van der Waals surface area contributed by atoms with Gasteiger partial charge in [0.05, 0.1) is 6.10 Å². The van der Waals surface area contributed by atoms with Gasteiger partial charge in [0, 0.05) is 32.8 Å². The first kappa shape index (κ1) is 15.5. The molecule has 0 unspecified atom stereocenters. The third-order valence-electron chi connectivity index (χ3n) is 3.88. The molecule has 0 aliphatic carbocycles. The van der Waals surface area contributed by atoms with E-state index in [0.29, 0.717) is 12.7 Å². The van der Waals surface area contributed by atoms with Gasteiger partial charge in [0.25, 0.3) is 0 Å². The highest BCUT2D eigenvalue weighted by atomic mass is 16.5. The molecule has 1 heterocycles. The average molecular weight is 277 g/mol. The molecule has 0 atom stereocenters. The van der Waals surface area contributed by atoms with Crippen LogP contribution >= 0.6 is 0 Å². The summed E-state index contributed by atoms with van der Waals surface area (Å²) in [4.78, 5) is 2.51. The molecule has 1 aromatic carbocycles. The van der Waals surface area contributed by atoms with E-state index in [4.69, 9.17) is 9.84 Å². The molecule has 0 amide bonds. The monoisotopic (exact) mass is 277 g/mol. The lowest BCUT2D eigenvalue weighted by Gasteiger charge is -2.32. The van der Waals surface area contributed by atoms with Crippen LogP contribution in [0.3, 0.4) is 0 Å². The normalized spacial score (nSPS) is 17.6. The van der Waals surface area contributed by atoms with Crippen LogP contribution in [-0.2, 0) is 11.3 Å². The summed E-state index contributed by atoms with van der Waals surface area (Å²) in [6.07, 6.45) is 3.35. The minimum atomic E-state index is 0.228. The van der Waals surface area contributed by atoms with Gasteiger partial charge in [-0.2, -0.15) is 0 Å². The molecule has 1 aliphatic heterocycles. The molecule has 1 aliphatic rings. The first-order valence-corrected chi connectivity index (χ1v) is 7.69. The van der Waals surface area contributed by atoms with Crippen molar-refractivity contribution in [2.75, 3.05) is 26.3 Å². The quantitative estimate of drug-likeness (QED) is 0.812. The number of piperidine rings is 1. The van der Waals surface area contributed by atoms with E-state index in [-0.39, 0.29) is 6.61 Å². The van der Waals surface area contributed by atoms with E-state index in [2.05, 4.69) is 36.9 Å². The lowest BCUT2D eigenvalue weighted by atomic mass is 10.0. The molecular formula is C17H27NO2. The van der Waals surface area contributed by atoms with Gasteiger partial charge in [0.2, 0.25) is 0 Å². The summed E-state index contributed by atoms with van der Waals surface area (Å²) < 4.78 is 5.77. The smallest absolute Gasteiger partial charge is 0.0599 e. The van der Waals surface area contributed by atoms with E-state index in [9.17, 15) is 0 Å². The Balaban J connectivity index is 1.76. The average Bonchev–Trinajstić information content (AvgIpc) is 2.40. The molecule has 1 aromatic rings. The number of rotatable bonds is 6. The largest absolute Gasteiger partial charge is 0.396 e. The second-order valence-electron chi connectivity index (χ2n) is 5.92. The van der Waals surface area contributed by atoms with Gasteiger partial charge in [-0.25, -0.2) is 0 Å². The van der Waals surface area contributed by atoms with Crippen molar-refractivity contribution in [1.82, 2.24) is 4.90 Å². The van der Waals surface area contributed by atoms with Crippen LogP contribution in [-0.4, -0.2) is 42.4 Å². The molecule has 0 bridgehead atoms. The Morgan fingerprint density at radius 3 is 2.40 bits per heavy atom. The number of aliphatic hydroxyl groups is 1. The Labute approximate surface area is 122 Å². The van der Waals surface area contributed by atoms with Crippen molar-refractivity contribution in [2.24, 2.45) is 0 Å². The fraction of sp³-hybridized carbons (Fsp3) is 0.647. The Morgan fingerprint density at radius 1 is 1.15 bits per heavy atom. The zero-order valence-corrected chi connectivity index (χ0v) is 12.8. The second-order valence-corrected chi connectivity index (χ2v) is 5.92. The van der Waals surface area contributed by atoms with Gasteiger partial charge in [-0.05, 0) is 38.7 Å². The van der Waals surface area contributed by atoms with Crippen LogP contribution in [0.4, 0.5) is 0 Å². The summed E-state index contributed by atoms with van der Waals surface area (Å²) in [5, 5.41) is 8.76. The highest BCUT2D eigenvalue weighted by molar-refractivity contribution is 5.28. The summed E-state index contributed by atoms with van der Waals surface area (Å²) in [6, 6.07) is 6.80. The predicted molar refractivity (Wildman–Crippen MR) is 81.9 cm³/mol. The Bertz CT molecular complexity index is 391. The van der Waals surface area contributed by atoms with Crippen molar-refractivity contribution >= 4 is 0 Å². The summed E-state index contributed by atoms with van der Waals surface area (Å²) >= 11 is 0. The van der Waals surface area contributed by atoms with E-state index in [1.54, 1.807) is 0 Å². The fourth-order valence-corrected chi connectivity index (χ4v) is 2.97. The number of likely N-dealkylation sites (tertiary alicyclic amines) is 1. The minimum absolute atomic E-state index is 0.228. The van der Waals surface area contributed by atoms with Crippen molar-refractivity contribution < 1.29 is 9.84 Å². The van der Waals surface area contributed by atoms with Crippen LogP contribution in [0.5, 0.6) is 0 Å². The Kier molecular flexibility index (Phi) is 6.02. The zero-order valence-electron chi connectivity index (χ0n) is 12.8. The van der Waals surface area contributed by atoms with Gasteiger partial charge in [-0.15, -0.1) is 0 Å². The molecule has 2 rings (SSSR count). The molecule has 0 aromatic heterocycles. The number of aliphatic hydroxyl groups excluding tert-OH is 1. The van der Waals surface area contributed by atoms with Crippen molar-refractivity contribution in [3.8, 4) is 0 Å². The van der Waals surface area contributed by atoms with Crippen LogP contribution < -0.4 is 0 Å². The Morgan fingerprint density at radius 2 is 1.80 bits per heavy atom. The van der Waals surface area contributed by atoms with Crippen molar-refractivity contribution in [1.29, 1.82) is 0 Å². The van der Waals surface area contributed by atoms with E-state index in [0.717, 1.165) is 38.9 Å². The van der Waals surface area contributed by atoms with Crippen LogP contribution in [0, 0.1) is 13.8 Å². The maximum atomic E-state index is 8.76. The fourth-order valence-electron chi connectivity index (χ4n) is 2.97. The number of benzene rings is 1. The van der Waals surface area contributed by atoms with Gasteiger partial charge in [0.1, 0.15) is 0 Å². The van der Waals surface area contributed by atoms with E-state index < -0.39 is 0 Å². The lowest BCUT2D eigenvalue weighted by Crippen LogP contribution is -2.36. The zero-order chi connectivity index (χ0) is 14.4. The van der Waals surface area contributed by atoms with Crippen LogP contribution in [0.25, 0.3) is 0 Å². The van der Waals surface area contributed by atoms with Gasteiger partial charge in [-0.3, -0.25) is 4.90 Å². The van der Waals surface area contributed by atoms with E-state index >= 15 is 0 Å². The van der Waals surface area contributed by atoms with Gasteiger partial charge in [0.15, 0.2) is 0 Å². The highest BCUT2D eigenvalue weighted by Gasteiger charge is 2.19. The predicted octanol–water partition coefficient (Wildman–Crippen LogP) is 2.67. The third kappa shape index (κ3) is 4.89. The minimum Gasteiger partial charge on any atom is -0.396 e. The lowest BCUT2D eigenvalue weighted by molar-refractivity contribution is 0.000780. The molecule has 1 N–H and O–H groups in total. The van der Waals surface area contributed by atoms with Crippen molar-refractivity contribution in [3.05, 3.63) is 34.9 Å². The van der Waals surface area contributed by atoms with Crippen molar-refractivity contribution in [3.63, 3.8) is 0 Å². The molecule has 3 nitrogen and oxygen atoms in total. The number of nitrogens with zero attached hydrogens (tertiary/aromatic N) is 1. The van der Waals surface area contributed by atoms with E-state index in [1.165, 1.54) is 16.7 Å². The SMILES string of the molecule is Cc1cc(C)cc(CN2CCC(OCCCO)CC2)c1. The molecule has 1 saturated heterocycles. The topological polar surface area (TPSA) is 32.7 Å². The van der Waals surface area contributed by atoms with E-state index in [1.807, 2.05) is 0 Å². The molecule has 3 heteroatoms. The van der Waals surface area contributed by atoms with Gasteiger partial charge >= 0.3 is 0 Å². The molecule has 0 saturated carbocycles. The molecule has 0 radical (unpaired) electrons. The summed E-state index contributed by atoms with van der Waals surface area (Å²) in [7, 11) is 0. The standard InChI is InChI=1S/C17H27NO2/c1-14-10-15(2)12-16(11-14)13-18-6-4-17(5-7-18)20-9-3-8-19/h10-12,17,19H,3-9,13H2,1-2H3. The number of hydrogen-bond acceptors (Lipinski definition) is 3. The van der Waals surface area contributed by atoms with Gasteiger partial charge in [-0.1, -0.05) is 29.3 Å². The van der Waals surface area contributed by atoms with Crippen LogP contribution in [0.2, 0.25) is 0 Å². The molecule has 0 spiro atoms. The second kappa shape index (κ2) is 7.77. The molecule has 112 valence electrons. The molecular weight excluding hydrogens is 250 g/mol. The first-order chi connectivity index (χ1) is 9.67. The summed E-state index contributed by atoms with van der Waals surface area (Å²) in [5.74, 6) is 0. The molecule has 1 fully saturated rings. The highest BCUT2D eigenvalue weighted by Crippen LogP contribution is 2.18. The maximum Gasteiger partial charge on any atom is 0.0599 e. The number of aryl methyl sites for hydroxylation is 2. The summed E-state index contributed by atoms with van der Waals surface area (Å²) in [6.45, 7) is 8.51. The van der Waals surface area contributed by atoms with Crippen LogP contribution in [0.1, 0.15) is 36.0 Å². The van der Waals surface area contributed by atoms with Crippen molar-refractivity contribution in [2.45, 2.75) is 45.8 Å². The summed E-state index contributed by atoms with van der Waals surface area (Å²) in [5.41, 5.74) is 4.12.